The summed E-state index contributed by atoms with van der Waals surface area (Å²) in [4.78, 5) is 4.89. The molecule has 27 heavy (non-hydrogen) atoms. The van der Waals surface area contributed by atoms with Crippen molar-refractivity contribution in [2.75, 3.05) is 59.1 Å². The van der Waals surface area contributed by atoms with Gasteiger partial charge in [-0.1, -0.05) is 19.9 Å². The van der Waals surface area contributed by atoms with Crippen LogP contribution in [0.5, 0.6) is 0 Å². The molecule has 0 amide bonds. The Hall–Kier alpha value is -0.460. The summed E-state index contributed by atoms with van der Waals surface area (Å²) in [5.74, 6) is 1.57. The Bertz CT molecular complexity index is 522. The van der Waals surface area contributed by atoms with Gasteiger partial charge in [-0.05, 0) is 48.5 Å². The maximum atomic E-state index is 10.4. The van der Waals surface area contributed by atoms with Gasteiger partial charge in [0.15, 0.2) is 0 Å². The summed E-state index contributed by atoms with van der Waals surface area (Å²) in [5.41, 5.74) is 1.92. The quantitative estimate of drug-likeness (QED) is 0.656. The van der Waals surface area contributed by atoms with Crippen LogP contribution in [0.4, 0.5) is 0 Å². The van der Waals surface area contributed by atoms with E-state index in [1.807, 2.05) is 0 Å². The van der Waals surface area contributed by atoms with E-state index < -0.39 is 0 Å². The molecule has 4 unspecified atom stereocenters. The first-order chi connectivity index (χ1) is 13.0. The Balaban J connectivity index is 1.10. The molecule has 1 saturated carbocycles. The predicted octanol–water partition coefficient (Wildman–Crippen LogP) is 2.15. The number of rotatable bonds is 8. The third-order valence-corrected chi connectivity index (χ3v) is 7.58. The number of aliphatic hydroxyl groups excluding tert-OH is 1. The van der Waals surface area contributed by atoms with Crippen molar-refractivity contribution in [1.29, 1.82) is 0 Å². The number of ether oxygens (including phenoxy) is 2. The first-order valence-corrected chi connectivity index (χ1v) is 11.0. The lowest BCUT2D eigenvalue weighted by Crippen LogP contribution is -2.50. The standard InChI is InChI=1S/C22H38N2O3/c1-22(2)18-6-5-17(21(22)12-18)15-26-16-19(25)13-23-7-9-24(10-8-23)14-20-4-3-11-27-20/h5,18-21,25H,3-4,6-16H2,1-2H3. The average Bonchev–Trinajstić information content (AvgIpc) is 3.16. The van der Waals surface area contributed by atoms with Crippen LogP contribution in [0.15, 0.2) is 11.6 Å². The lowest BCUT2D eigenvalue weighted by Gasteiger charge is -2.56. The molecule has 0 radical (unpaired) electrons. The summed E-state index contributed by atoms with van der Waals surface area (Å²) in [6.07, 6.45) is 7.42. The van der Waals surface area contributed by atoms with Gasteiger partial charge in [-0.2, -0.15) is 0 Å². The minimum atomic E-state index is -0.388. The molecular weight excluding hydrogens is 340 g/mol. The van der Waals surface area contributed by atoms with Gasteiger partial charge in [0.25, 0.3) is 0 Å². The second-order valence-corrected chi connectivity index (χ2v) is 9.73. The van der Waals surface area contributed by atoms with E-state index in [4.69, 9.17) is 9.47 Å². The van der Waals surface area contributed by atoms with Crippen molar-refractivity contribution in [3.8, 4) is 0 Å². The van der Waals surface area contributed by atoms with Gasteiger partial charge in [-0.3, -0.25) is 9.80 Å². The van der Waals surface area contributed by atoms with Crippen LogP contribution in [0.2, 0.25) is 0 Å². The fourth-order valence-electron chi connectivity index (χ4n) is 5.53. The average molecular weight is 379 g/mol. The fraction of sp³-hybridized carbons (Fsp3) is 0.909. The van der Waals surface area contributed by atoms with Crippen molar-refractivity contribution in [1.82, 2.24) is 9.80 Å². The number of aliphatic hydroxyl groups is 1. The SMILES string of the molecule is CC1(C)C2CC=C(COCC(O)CN3CCN(CC4CCCO4)CC3)C1C2. The van der Waals surface area contributed by atoms with Gasteiger partial charge in [0.05, 0.1) is 25.4 Å². The number of hydrogen-bond donors (Lipinski definition) is 1. The van der Waals surface area contributed by atoms with Crippen LogP contribution in [0.1, 0.15) is 39.5 Å². The number of piperazine rings is 1. The van der Waals surface area contributed by atoms with Crippen molar-refractivity contribution in [3.63, 3.8) is 0 Å². The summed E-state index contributed by atoms with van der Waals surface area (Å²) >= 11 is 0. The number of fused-ring (bicyclic) bond motifs is 1. The van der Waals surface area contributed by atoms with Crippen LogP contribution in [0.25, 0.3) is 0 Å². The second kappa shape index (κ2) is 8.50. The Kier molecular flexibility index (Phi) is 6.25. The molecule has 2 bridgehead atoms. The summed E-state index contributed by atoms with van der Waals surface area (Å²) in [5, 5.41) is 10.4. The molecular formula is C22H38N2O3. The van der Waals surface area contributed by atoms with Crippen molar-refractivity contribution in [3.05, 3.63) is 11.6 Å². The first kappa shape index (κ1) is 19.8. The van der Waals surface area contributed by atoms with E-state index in [0.29, 0.717) is 30.7 Å². The second-order valence-electron chi connectivity index (χ2n) is 9.73. The smallest absolute Gasteiger partial charge is 0.0900 e. The summed E-state index contributed by atoms with van der Waals surface area (Å²) in [6, 6.07) is 0. The van der Waals surface area contributed by atoms with Gasteiger partial charge in [0, 0.05) is 45.9 Å². The summed E-state index contributed by atoms with van der Waals surface area (Å²) in [7, 11) is 0. The third-order valence-electron chi connectivity index (χ3n) is 7.58. The molecule has 3 aliphatic carbocycles. The van der Waals surface area contributed by atoms with Crippen LogP contribution in [0, 0.1) is 17.3 Å². The van der Waals surface area contributed by atoms with E-state index in [0.717, 1.165) is 51.8 Å². The van der Waals surface area contributed by atoms with E-state index in [2.05, 4.69) is 29.7 Å². The van der Waals surface area contributed by atoms with Gasteiger partial charge in [0.2, 0.25) is 0 Å². The summed E-state index contributed by atoms with van der Waals surface area (Å²) in [6.45, 7) is 12.9. The zero-order chi connectivity index (χ0) is 18.9. The molecule has 2 heterocycles. The van der Waals surface area contributed by atoms with Crippen molar-refractivity contribution in [2.24, 2.45) is 17.3 Å². The molecule has 3 fully saturated rings. The lowest BCUT2D eigenvalue weighted by atomic mass is 9.49. The molecule has 0 spiro atoms. The number of nitrogens with zero attached hydrogens (tertiary/aromatic N) is 2. The monoisotopic (exact) mass is 378 g/mol. The van der Waals surface area contributed by atoms with E-state index in [1.54, 1.807) is 0 Å². The number of β-amino-alcohol motifs (C(OH)–C–C–N with tert-alkyl or cyclic N) is 1. The zero-order valence-corrected chi connectivity index (χ0v) is 17.2. The predicted molar refractivity (Wildman–Crippen MR) is 107 cm³/mol. The largest absolute Gasteiger partial charge is 0.389 e. The lowest BCUT2D eigenvalue weighted by molar-refractivity contribution is -0.0281. The van der Waals surface area contributed by atoms with Crippen LogP contribution in [0.3, 0.4) is 0 Å². The van der Waals surface area contributed by atoms with Gasteiger partial charge >= 0.3 is 0 Å². The van der Waals surface area contributed by atoms with Crippen LogP contribution in [-0.2, 0) is 9.47 Å². The molecule has 1 N–H and O–H groups in total. The highest BCUT2D eigenvalue weighted by Crippen LogP contribution is 2.59. The molecule has 5 nitrogen and oxygen atoms in total. The number of hydrogen-bond acceptors (Lipinski definition) is 5. The third kappa shape index (κ3) is 4.59. The summed E-state index contributed by atoms with van der Waals surface area (Å²) < 4.78 is 11.7. The normalized spacial score (nSPS) is 34.9. The van der Waals surface area contributed by atoms with Crippen molar-refractivity contribution >= 4 is 0 Å². The highest BCUT2D eigenvalue weighted by atomic mass is 16.5. The van der Waals surface area contributed by atoms with Crippen molar-refractivity contribution in [2.45, 2.75) is 51.7 Å². The fourth-order valence-corrected chi connectivity index (χ4v) is 5.53. The molecule has 2 saturated heterocycles. The maximum absolute atomic E-state index is 10.4. The Morgan fingerprint density at radius 3 is 2.70 bits per heavy atom. The molecule has 154 valence electrons. The molecule has 5 aliphatic rings. The van der Waals surface area contributed by atoms with Gasteiger partial charge in [-0.15, -0.1) is 0 Å². The molecule has 0 aromatic carbocycles. The Labute approximate surface area is 164 Å². The molecule has 0 aromatic heterocycles. The Morgan fingerprint density at radius 1 is 1.26 bits per heavy atom. The highest BCUT2D eigenvalue weighted by Gasteiger charge is 2.50. The van der Waals surface area contributed by atoms with E-state index in [1.165, 1.54) is 31.3 Å². The van der Waals surface area contributed by atoms with Crippen LogP contribution >= 0.6 is 0 Å². The molecule has 5 heteroatoms. The first-order valence-electron chi connectivity index (χ1n) is 11.0. The topological polar surface area (TPSA) is 45.2 Å². The van der Waals surface area contributed by atoms with Crippen LogP contribution < -0.4 is 0 Å². The number of allylic oxidation sites excluding steroid dienone is 1. The zero-order valence-electron chi connectivity index (χ0n) is 17.2. The minimum Gasteiger partial charge on any atom is -0.389 e. The highest BCUT2D eigenvalue weighted by molar-refractivity contribution is 5.23. The molecule has 5 rings (SSSR count). The van der Waals surface area contributed by atoms with E-state index >= 15 is 0 Å². The van der Waals surface area contributed by atoms with E-state index in [-0.39, 0.29) is 6.10 Å². The molecule has 4 atom stereocenters. The van der Waals surface area contributed by atoms with Gasteiger partial charge in [-0.25, -0.2) is 0 Å². The molecule has 0 aromatic rings. The van der Waals surface area contributed by atoms with Crippen LogP contribution in [-0.4, -0.2) is 86.2 Å². The maximum Gasteiger partial charge on any atom is 0.0900 e. The minimum absolute atomic E-state index is 0.388. The van der Waals surface area contributed by atoms with Gasteiger partial charge in [0.1, 0.15) is 0 Å². The van der Waals surface area contributed by atoms with Crippen molar-refractivity contribution < 1.29 is 14.6 Å². The molecule has 2 aliphatic heterocycles. The Morgan fingerprint density at radius 2 is 2.04 bits per heavy atom. The van der Waals surface area contributed by atoms with E-state index in [9.17, 15) is 5.11 Å². The van der Waals surface area contributed by atoms with Gasteiger partial charge < -0.3 is 14.6 Å².